The molecule has 1 aromatic heterocycles. The second kappa shape index (κ2) is 2.40. The molecular weight excluding hydrogens is 151 g/mol. The highest BCUT2D eigenvalue weighted by Crippen LogP contribution is 2.22. The zero-order valence-corrected chi connectivity index (χ0v) is 6.04. The minimum absolute atomic E-state index is 0. The Hall–Kier alpha value is -0.870. The van der Waals surface area contributed by atoms with Crippen LogP contribution < -0.4 is 6.15 Å². The largest absolute Gasteiger partial charge is 0.344 e. The molecule has 4 heteroatoms. The molecule has 0 atom stereocenters. The molecule has 2 rings (SSSR count). The fourth-order valence-electron chi connectivity index (χ4n) is 0.753. The number of hydrogen-bond acceptors (Lipinski definition) is 2. The molecular formula is C6H11FN2S. The lowest BCUT2D eigenvalue weighted by Crippen LogP contribution is -1.81. The highest BCUT2D eigenvalue weighted by atomic mass is 32.1. The quantitative estimate of drug-likeness (QED) is 0.614. The van der Waals surface area contributed by atoms with Crippen LogP contribution in [0.2, 0.25) is 0 Å². The monoisotopic (exact) mass is 162 g/mol. The van der Waals surface area contributed by atoms with Gasteiger partial charge in [0.25, 0.3) is 0 Å². The van der Waals surface area contributed by atoms with Gasteiger partial charge in [-0.1, -0.05) is 17.6 Å². The molecule has 1 aromatic carbocycles. The number of rotatable bonds is 0. The van der Waals surface area contributed by atoms with E-state index in [1.165, 1.54) is 17.6 Å². The average Bonchev–Trinajstić information content (AvgIpc) is 1.74. The number of halogens is 1. The first-order chi connectivity index (χ1) is 4.38. The summed E-state index contributed by atoms with van der Waals surface area (Å²) < 4.78 is 16.2. The molecule has 0 bridgehead atoms. The zero-order chi connectivity index (χ0) is 6.27. The van der Waals surface area contributed by atoms with Gasteiger partial charge in [-0.3, -0.25) is 0 Å². The molecule has 0 aliphatic carbocycles. The predicted molar refractivity (Wildman–Crippen MR) is 45.4 cm³/mol. The van der Waals surface area contributed by atoms with Crippen LogP contribution >= 0.6 is 11.5 Å². The summed E-state index contributed by atoms with van der Waals surface area (Å²) in [6.45, 7) is 0. The normalized spacial score (nSPS) is 9.70. The standard InChI is InChI=1S/C6H4FNS.H3N.2H2/c7-4-2-1-3-5-6(4)9-8-5;;;/h1-3,8H;1H3;2*1H. The molecule has 0 saturated carbocycles. The van der Waals surface area contributed by atoms with Crippen molar-refractivity contribution >= 4 is 21.7 Å². The molecule has 0 aliphatic rings. The maximum Gasteiger partial charge on any atom is 0.144 e. The molecule has 0 aliphatic heterocycles. The van der Waals surface area contributed by atoms with Crippen molar-refractivity contribution in [2.75, 3.05) is 0 Å². The van der Waals surface area contributed by atoms with Gasteiger partial charge in [0.1, 0.15) is 10.5 Å². The van der Waals surface area contributed by atoms with Crippen LogP contribution in [0.5, 0.6) is 0 Å². The first-order valence-corrected chi connectivity index (χ1v) is 3.41. The van der Waals surface area contributed by atoms with Crippen molar-refractivity contribution in [2.24, 2.45) is 0 Å². The smallest absolute Gasteiger partial charge is 0.144 e. The van der Waals surface area contributed by atoms with Crippen LogP contribution in [-0.4, -0.2) is 4.37 Å². The van der Waals surface area contributed by atoms with Gasteiger partial charge in [-0.25, -0.2) is 4.39 Å². The summed E-state index contributed by atoms with van der Waals surface area (Å²) in [6, 6.07) is 5.02. The van der Waals surface area contributed by atoms with E-state index in [1.54, 1.807) is 6.07 Å². The SMILES string of the molecule is Fc1cccc2[nH]sc12.N.[HH].[HH]. The Bertz CT molecular complexity index is 333. The van der Waals surface area contributed by atoms with Gasteiger partial charge < -0.3 is 10.5 Å². The van der Waals surface area contributed by atoms with Gasteiger partial charge in [-0.15, -0.1) is 0 Å². The van der Waals surface area contributed by atoms with Crippen LogP contribution in [0.25, 0.3) is 10.2 Å². The Kier molecular flexibility index (Phi) is 1.74. The molecule has 0 fully saturated rings. The summed E-state index contributed by atoms with van der Waals surface area (Å²) in [6.07, 6.45) is 0. The summed E-state index contributed by atoms with van der Waals surface area (Å²) in [4.78, 5) is 0. The average molecular weight is 162 g/mol. The molecule has 2 aromatic rings. The number of H-pyrrole nitrogens is 1. The highest BCUT2D eigenvalue weighted by Gasteiger charge is 2.01. The van der Waals surface area contributed by atoms with Gasteiger partial charge in [0.05, 0.1) is 5.52 Å². The Morgan fingerprint density at radius 3 is 2.70 bits per heavy atom. The van der Waals surface area contributed by atoms with Crippen LogP contribution in [-0.2, 0) is 0 Å². The van der Waals surface area contributed by atoms with Crippen LogP contribution in [0.1, 0.15) is 2.85 Å². The van der Waals surface area contributed by atoms with E-state index in [4.69, 9.17) is 0 Å². The molecule has 0 spiro atoms. The fraction of sp³-hybridized carbons (Fsp3) is 0. The van der Waals surface area contributed by atoms with E-state index in [0.717, 1.165) is 10.2 Å². The lowest BCUT2D eigenvalue weighted by atomic mass is 10.3. The molecule has 0 amide bonds. The predicted octanol–water partition coefficient (Wildman–Crippen LogP) is 3.02. The van der Waals surface area contributed by atoms with Crippen LogP contribution in [0.3, 0.4) is 0 Å². The van der Waals surface area contributed by atoms with E-state index >= 15 is 0 Å². The third-order valence-electron chi connectivity index (χ3n) is 1.23. The number of hydrogen-bond donors (Lipinski definition) is 2. The van der Waals surface area contributed by atoms with Crippen molar-refractivity contribution in [1.29, 1.82) is 0 Å². The highest BCUT2D eigenvalue weighted by molar-refractivity contribution is 7.15. The van der Waals surface area contributed by atoms with E-state index in [2.05, 4.69) is 4.37 Å². The first kappa shape index (κ1) is 7.24. The third kappa shape index (κ3) is 0.815. The van der Waals surface area contributed by atoms with Gasteiger partial charge >= 0.3 is 0 Å². The third-order valence-corrected chi connectivity index (χ3v) is 2.17. The minimum Gasteiger partial charge on any atom is -0.344 e. The maximum absolute atomic E-state index is 12.6. The van der Waals surface area contributed by atoms with Crippen molar-refractivity contribution < 1.29 is 7.24 Å². The minimum atomic E-state index is -0.128. The Morgan fingerprint density at radius 2 is 2.30 bits per heavy atom. The fourth-order valence-corrected chi connectivity index (χ4v) is 1.38. The van der Waals surface area contributed by atoms with E-state index in [-0.39, 0.29) is 14.8 Å². The molecule has 0 saturated heterocycles. The first-order valence-electron chi connectivity index (χ1n) is 2.59. The number of aromatic nitrogens is 1. The summed E-state index contributed by atoms with van der Waals surface area (Å²) in [5.41, 5.74) is 0.903. The van der Waals surface area contributed by atoms with Crippen molar-refractivity contribution in [2.45, 2.75) is 0 Å². The van der Waals surface area contributed by atoms with E-state index in [1.807, 2.05) is 6.07 Å². The van der Waals surface area contributed by atoms with E-state index in [0.29, 0.717) is 0 Å². The van der Waals surface area contributed by atoms with E-state index < -0.39 is 0 Å². The summed E-state index contributed by atoms with van der Waals surface area (Å²) in [7, 11) is 0. The summed E-state index contributed by atoms with van der Waals surface area (Å²) in [5, 5.41) is 0. The maximum atomic E-state index is 12.6. The van der Waals surface area contributed by atoms with Crippen LogP contribution in [0, 0.1) is 5.82 Å². The Labute approximate surface area is 64.4 Å². The van der Waals surface area contributed by atoms with Crippen LogP contribution in [0.15, 0.2) is 18.2 Å². The molecule has 4 N–H and O–H groups in total. The van der Waals surface area contributed by atoms with E-state index in [9.17, 15) is 4.39 Å². The molecule has 1 heterocycles. The number of nitrogens with one attached hydrogen (secondary N) is 1. The van der Waals surface area contributed by atoms with Crippen LogP contribution in [0.4, 0.5) is 4.39 Å². The van der Waals surface area contributed by atoms with Crippen molar-refractivity contribution in [3.05, 3.63) is 24.0 Å². The zero-order valence-electron chi connectivity index (χ0n) is 5.23. The van der Waals surface area contributed by atoms with Gasteiger partial charge in [0.15, 0.2) is 0 Å². The topological polar surface area (TPSA) is 50.8 Å². The number of aromatic amines is 1. The molecule has 10 heavy (non-hydrogen) atoms. The van der Waals surface area contributed by atoms with Crippen molar-refractivity contribution in [1.82, 2.24) is 10.5 Å². The summed E-state index contributed by atoms with van der Waals surface area (Å²) >= 11 is 1.33. The van der Waals surface area contributed by atoms with Gasteiger partial charge in [0.2, 0.25) is 0 Å². The van der Waals surface area contributed by atoms with Crippen molar-refractivity contribution in [3.63, 3.8) is 0 Å². The molecule has 2 nitrogen and oxygen atoms in total. The summed E-state index contributed by atoms with van der Waals surface area (Å²) in [5.74, 6) is -0.128. The second-order valence-electron chi connectivity index (χ2n) is 1.82. The Morgan fingerprint density at radius 1 is 1.50 bits per heavy atom. The molecule has 58 valence electrons. The van der Waals surface area contributed by atoms with Crippen molar-refractivity contribution in [3.8, 4) is 0 Å². The lowest BCUT2D eigenvalue weighted by molar-refractivity contribution is 0.641. The number of fused-ring (bicyclic) bond motifs is 1. The Balaban J connectivity index is 0. The van der Waals surface area contributed by atoms with Gasteiger partial charge in [0, 0.05) is 2.85 Å². The second-order valence-corrected chi connectivity index (χ2v) is 2.64. The lowest BCUT2D eigenvalue weighted by Gasteiger charge is -1.99. The number of benzene rings is 1. The molecule has 0 radical (unpaired) electrons. The van der Waals surface area contributed by atoms with Gasteiger partial charge in [-0.05, 0) is 12.1 Å². The molecule has 0 unspecified atom stereocenters. The van der Waals surface area contributed by atoms with Gasteiger partial charge in [-0.2, -0.15) is 0 Å².